The lowest BCUT2D eigenvalue weighted by Gasteiger charge is -2.32. The van der Waals surface area contributed by atoms with Gasteiger partial charge in [0, 0.05) is 18.8 Å². The molecule has 22 heavy (non-hydrogen) atoms. The van der Waals surface area contributed by atoms with Gasteiger partial charge in [0.05, 0.1) is 11.6 Å². The molecule has 0 saturated carbocycles. The number of aliphatic carboxylic acids is 1. The van der Waals surface area contributed by atoms with Gasteiger partial charge in [0.15, 0.2) is 0 Å². The number of carboxylic acid groups (broad SMARTS) is 1. The van der Waals surface area contributed by atoms with E-state index < -0.39 is 17.9 Å². The monoisotopic (exact) mass is 309 g/mol. The van der Waals surface area contributed by atoms with Crippen molar-refractivity contribution in [3.63, 3.8) is 0 Å². The highest BCUT2D eigenvalue weighted by Gasteiger charge is 2.36. The summed E-state index contributed by atoms with van der Waals surface area (Å²) in [7, 11) is 0. The number of carbonyl (C=O) groups is 2. The Morgan fingerprint density at radius 3 is 2.82 bits per heavy atom. The lowest BCUT2D eigenvalue weighted by Crippen LogP contribution is -2.45. The van der Waals surface area contributed by atoms with E-state index in [9.17, 15) is 9.59 Å². The van der Waals surface area contributed by atoms with E-state index in [2.05, 4.69) is 10.4 Å². The summed E-state index contributed by atoms with van der Waals surface area (Å²) in [6.45, 7) is 6.07. The van der Waals surface area contributed by atoms with Gasteiger partial charge in [-0.15, -0.1) is 0 Å². The molecule has 0 radical (unpaired) electrons. The van der Waals surface area contributed by atoms with Gasteiger partial charge >= 0.3 is 5.97 Å². The molecule has 122 valence electrons. The van der Waals surface area contributed by atoms with Crippen molar-refractivity contribution in [2.45, 2.75) is 51.8 Å². The topological polar surface area (TPSA) is 93.5 Å². The Morgan fingerprint density at radius 1 is 1.45 bits per heavy atom. The van der Waals surface area contributed by atoms with Gasteiger partial charge in [0.2, 0.25) is 5.91 Å². The van der Waals surface area contributed by atoms with Crippen molar-refractivity contribution >= 4 is 11.9 Å². The average molecular weight is 309 g/mol. The van der Waals surface area contributed by atoms with E-state index in [-0.39, 0.29) is 18.1 Å². The Labute approximate surface area is 129 Å². The van der Waals surface area contributed by atoms with Crippen LogP contribution in [0.2, 0.25) is 0 Å². The van der Waals surface area contributed by atoms with E-state index in [1.54, 1.807) is 6.20 Å². The smallest absolute Gasteiger partial charge is 0.325 e. The molecule has 0 bridgehead atoms. The van der Waals surface area contributed by atoms with Gasteiger partial charge < -0.3 is 15.2 Å². The highest BCUT2D eigenvalue weighted by Crippen LogP contribution is 2.34. The molecule has 1 aliphatic heterocycles. The number of amides is 1. The first-order valence-corrected chi connectivity index (χ1v) is 7.60. The quantitative estimate of drug-likeness (QED) is 0.860. The molecule has 1 aromatic rings. The molecular formula is C15H23N3O4. The average Bonchev–Trinajstić information content (AvgIpc) is 2.96. The summed E-state index contributed by atoms with van der Waals surface area (Å²) in [6.07, 6.45) is 2.76. The molecule has 7 heteroatoms. The molecule has 0 aliphatic carbocycles. The number of hydrogen-bond donors (Lipinski definition) is 2. The summed E-state index contributed by atoms with van der Waals surface area (Å²) in [5.74, 6) is -1.73. The van der Waals surface area contributed by atoms with Crippen LogP contribution in [0.1, 0.15) is 51.5 Å². The molecule has 0 unspecified atom stereocenters. The van der Waals surface area contributed by atoms with Gasteiger partial charge in [-0.25, -0.2) is 0 Å². The first kappa shape index (κ1) is 16.5. The number of rotatable bonds is 5. The molecule has 3 atom stereocenters. The molecule has 1 saturated heterocycles. The molecule has 2 N–H and O–H groups in total. The Hall–Kier alpha value is -1.89. The number of hydrogen-bond acceptors (Lipinski definition) is 4. The molecule has 2 rings (SSSR count). The Kier molecular flexibility index (Phi) is 5.18. The number of carbonyl (C=O) groups excluding carboxylic acids is 1. The van der Waals surface area contributed by atoms with Gasteiger partial charge in [-0.05, 0) is 39.7 Å². The van der Waals surface area contributed by atoms with E-state index in [0.29, 0.717) is 13.0 Å². The molecule has 7 nitrogen and oxygen atoms in total. The zero-order chi connectivity index (χ0) is 16.3. The van der Waals surface area contributed by atoms with Gasteiger partial charge in [-0.1, -0.05) is 0 Å². The second kappa shape index (κ2) is 6.91. The van der Waals surface area contributed by atoms with Crippen LogP contribution in [0.3, 0.4) is 0 Å². The zero-order valence-corrected chi connectivity index (χ0v) is 13.2. The summed E-state index contributed by atoms with van der Waals surface area (Å²) in [5.41, 5.74) is 0.859. The highest BCUT2D eigenvalue weighted by molar-refractivity contribution is 5.85. The van der Waals surface area contributed by atoms with Crippen LogP contribution >= 0.6 is 0 Å². The Balaban J connectivity index is 2.19. The normalized spacial score (nSPS) is 23.3. The van der Waals surface area contributed by atoms with Crippen LogP contribution in [-0.4, -0.2) is 39.4 Å². The van der Waals surface area contributed by atoms with Crippen molar-refractivity contribution in [1.29, 1.82) is 0 Å². The van der Waals surface area contributed by atoms with Crippen LogP contribution in [0.25, 0.3) is 0 Å². The van der Waals surface area contributed by atoms with Gasteiger partial charge in [0.25, 0.3) is 0 Å². The molecule has 0 aromatic carbocycles. The van der Waals surface area contributed by atoms with Crippen LogP contribution in [0.4, 0.5) is 0 Å². The largest absolute Gasteiger partial charge is 0.480 e. The predicted molar refractivity (Wildman–Crippen MR) is 79.3 cm³/mol. The molecule has 1 aromatic heterocycles. The van der Waals surface area contributed by atoms with Gasteiger partial charge in [0.1, 0.15) is 12.1 Å². The molecule has 1 amide bonds. The second-order valence-corrected chi connectivity index (χ2v) is 5.90. The summed E-state index contributed by atoms with van der Waals surface area (Å²) < 4.78 is 7.66. The van der Waals surface area contributed by atoms with Crippen LogP contribution in [0.5, 0.6) is 0 Å². The maximum Gasteiger partial charge on any atom is 0.325 e. The third-order valence-corrected chi connectivity index (χ3v) is 3.87. The minimum absolute atomic E-state index is 0.164. The third-order valence-electron chi connectivity index (χ3n) is 3.87. The predicted octanol–water partition coefficient (Wildman–Crippen LogP) is 1.52. The minimum Gasteiger partial charge on any atom is -0.480 e. The van der Waals surface area contributed by atoms with Crippen molar-refractivity contribution in [1.82, 2.24) is 15.1 Å². The van der Waals surface area contributed by atoms with Crippen molar-refractivity contribution in [3.8, 4) is 0 Å². The SMILES string of the molecule is CC(C)n1nccc1[C@@H]1OCCC[C@H]1C(=O)N[C@@H](C)C(=O)O. The maximum absolute atomic E-state index is 12.4. The summed E-state index contributed by atoms with van der Waals surface area (Å²) >= 11 is 0. The van der Waals surface area contributed by atoms with E-state index >= 15 is 0 Å². The Morgan fingerprint density at radius 2 is 2.18 bits per heavy atom. The van der Waals surface area contributed by atoms with Crippen molar-refractivity contribution < 1.29 is 19.4 Å². The zero-order valence-electron chi connectivity index (χ0n) is 13.2. The summed E-state index contributed by atoms with van der Waals surface area (Å²) in [4.78, 5) is 23.3. The number of nitrogens with one attached hydrogen (secondary N) is 1. The Bertz CT molecular complexity index is 541. The fraction of sp³-hybridized carbons (Fsp3) is 0.667. The summed E-state index contributed by atoms with van der Waals surface area (Å²) in [5, 5.41) is 15.8. The highest BCUT2D eigenvalue weighted by atomic mass is 16.5. The molecule has 2 heterocycles. The summed E-state index contributed by atoms with van der Waals surface area (Å²) in [6, 6.07) is 1.11. The molecule has 0 spiro atoms. The standard InChI is InChI=1S/C15H23N3O4/c1-9(2)18-12(6-7-16-18)13-11(5-4-8-22-13)14(19)17-10(3)15(20)21/h6-7,9-11,13H,4-5,8H2,1-3H3,(H,17,19)(H,20,21)/t10-,11+,13+/m0/s1. The number of aromatic nitrogens is 2. The molecule has 1 aliphatic rings. The molecule has 1 fully saturated rings. The van der Waals surface area contributed by atoms with E-state index in [1.165, 1.54) is 6.92 Å². The van der Waals surface area contributed by atoms with Crippen LogP contribution in [-0.2, 0) is 14.3 Å². The van der Waals surface area contributed by atoms with Gasteiger partial charge in [-0.2, -0.15) is 5.10 Å². The fourth-order valence-electron chi connectivity index (χ4n) is 2.70. The van der Waals surface area contributed by atoms with Crippen molar-refractivity contribution in [3.05, 3.63) is 18.0 Å². The number of carboxylic acids is 1. The lowest BCUT2D eigenvalue weighted by molar-refractivity contribution is -0.144. The van der Waals surface area contributed by atoms with Crippen molar-refractivity contribution in [2.24, 2.45) is 5.92 Å². The first-order chi connectivity index (χ1) is 10.4. The van der Waals surface area contributed by atoms with E-state index in [1.807, 2.05) is 24.6 Å². The number of ether oxygens (including phenoxy) is 1. The first-order valence-electron chi connectivity index (χ1n) is 7.60. The maximum atomic E-state index is 12.4. The van der Waals surface area contributed by atoms with Crippen LogP contribution < -0.4 is 5.32 Å². The van der Waals surface area contributed by atoms with Gasteiger partial charge in [-0.3, -0.25) is 14.3 Å². The minimum atomic E-state index is -1.05. The fourth-order valence-corrected chi connectivity index (χ4v) is 2.70. The van der Waals surface area contributed by atoms with Crippen LogP contribution in [0, 0.1) is 5.92 Å². The second-order valence-electron chi connectivity index (χ2n) is 5.90. The van der Waals surface area contributed by atoms with Crippen LogP contribution in [0.15, 0.2) is 12.3 Å². The van der Waals surface area contributed by atoms with E-state index in [4.69, 9.17) is 9.84 Å². The van der Waals surface area contributed by atoms with Crippen molar-refractivity contribution in [2.75, 3.05) is 6.61 Å². The lowest BCUT2D eigenvalue weighted by atomic mass is 9.91. The van der Waals surface area contributed by atoms with E-state index in [0.717, 1.165) is 12.1 Å². The number of nitrogens with zero attached hydrogens (tertiary/aromatic N) is 2. The molecular weight excluding hydrogens is 286 g/mol. The third kappa shape index (κ3) is 3.47.